The lowest BCUT2D eigenvalue weighted by Gasteiger charge is -2.23. The van der Waals surface area contributed by atoms with E-state index in [9.17, 15) is 4.79 Å². The third-order valence-electron chi connectivity index (χ3n) is 5.59. The maximum absolute atomic E-state index is 12.2. The molecule has 4 unspecified atom stereocenters. The highest BCUT2D eigenvalue weighted by Gasteiger charge is 2.41. The van der Waals surface area contributed by atoms with E-state index in [1.165, 1.54) is 57.8 Å². The molecule has 2 nitrogen and oxygen atoms in total. The maximum Gasteiger partial charge on any atom is 0.308 e. The average Bonchev–Trinajstić information content (AvgIpc) is 3.15. The first-order valence-electron chi connectivity index (χ1n) is 9.57. The molecule has 0 aromatic rings. The Morgan fingerprint density at radius 2 is 1.73 bits per heavy atom. The number of fused-ring (bicyclic) bond motifs is 2. The van der Waals surface area contributed by atoms with Crippen LogP contribution >= 0.6 is 0 Å². The summed E-state index contributed by atoms with van der Waals surface area (Å²) in [4.78, 5) is 12.2. The van der Waals surface area contributed by atoms with E-state index in [1.54, 1.807) is 0 Å². The van der Waals surface area contributed by atoms with Crippen molar-refractivity contribution in [2.45, 2.75) is 78.1 Å². The molecule has 4 atom stereocenters. The van der Waals surface area contributed by atoms with Crippen molar-refractivity contribution in [3.05, 3.63) is 12.2 Å². The average molecular weight is 306 g/mol. The van der Waals surface area contributed by atoms with Gasteiger partial charge in [-0.25, -0.2) is 0 Å². The van der Waals surface area contributed by atoms with Crippen LogP contribution in [0.25, 0.3) is 0 Å². The molecule has 0 spiro atoms. The predicted octanol–water partition coefficient (Wildman–Crippen LogP) is 5.52. The van der Waals surface area contributed by atoms with Crippen molar-refractivity contribution < 1.29 is 9.53 Å². The summed E-state index contributed by atoms with van der Waals surface area (Å²) in [5.41, 5.74) is 0. The zero-order valence-electron chi connectivity index (χ0n) is 14.6. The number of esters is 1. The summed E-state index contributed by atoms with van der Waals surface area (Å²) in [6.07, 6.45) is 17.4. The van der Waals surface area contributed by atoms with Crippen LogP contribution < -0.4 is 0 Å². The van der Waals surface area contributed by atoms with Gasteiger partial charge in [-0.1, -0.05) is 70.9 Å². The van der Waals surface area contributed by atoms with E-state index in [0.717, 1.165) is 12.3 Å². The molecule has 2 rings (SSSR count). The van der Waals surface area contributed by atoms with Crippen molar-refractivity contribution in [2.75, 3.05) is 6.61 Å². The maximum atomic E-state index is 12.2. The first-order chi connectivity index (χ1) is 10.7. The quantitative estimate of drug-likeness (QED) is 0.285. The zero-order chi connectivity index (χ0) is 15.8. The van der Waals surface area contributed by atoms with Crippen LogP contribution in [-0.4, -0.2) is 12.6 Å². The second-order valence-corrected chi connectivity index (χ2v) is 7.38. The number of carbonyl (C=O) groups is 1. The van der Waals surface area contributed by atoms with Crippen LogP contribution in [-0.2, 0) is 9.53 Å². The third-order valence-corrected chi connectivity index (χ3v) is 5.59. The summed E-state index contributed by atoms with van der Waals surface area (Å²) in [5, 5.41) is 0. The van der Waals surface area contributed by atoms with Gasteiger partial charge in [-0.15, -0.1) is 0 Å². The van der Waals surface area contributed by atoms with Crippen molar-refractivity contribution in [2.24, 2.45) is 23.7 Å². The van der Waals surface area contributed by atoms with Gasteiger partial charge in [-0.05, 0) is 37.0 Å². The Bertz CT molecular complexity index is 361. The molecule has 2 aliphatic carbocycles. The lowest BCUT2D eigenvalue weighted by molar-refractivity contribution is -0.150. The minimum absolute atomic E-state index is 0.0360. The molecule has 2 heteroatoms. The SMILES string of the molecule is CCCCCCCCCCOC(=O)C(C)C1CC2C=CC1C2. The number of allylic oxidation sites excluding steroid dienone is 2. The Hall–Kier alpha value is -0.790. The minimum Gasteiger partial charge on any atom is -0.465 e. The first kappa shape index (κ1) is 17.6. The molecule has 0 aromatic heterocycles. The highest BCUT2D eigenvalue weighted by molar-refractivity contribution is 5.72. The van der Waals surface area contributed by atoms with Gasteiger partial charge in [0.2, 0.25) is 0 Å². The molecule has 0 aliphatic heterocycles. The standard InChI is InChI=1S/C20H34O2/c1-3-4-5-6-7-8-9-10-13-22-20(21)16(2)19-15-17-11-12-18(19)14-17/h11-12,16-19H,3-10,13-15H2,1-2H3. The number of hydrogen-bond donors (Lipinski definition) is 0. The lowest BCUT2D eigenvalue weighted by Crippen LogP contribution is -2.26. The molecular weight excluding hydrogens is 272 g/mol. The van der Waals surface area contributed by atoms with E-state index < -0.39 is 0 Å². The van der Waals surface area contributed by atoms with Gasteiger partial charge in [0, 0.05) is 0 Å². The normalized spacial score (nSPS) is 27.3. The minimum atomic E-state index is 0.0360. The third kappa shape index (κ3) is 5.14. The van der Waals surface area contributed by atoms with Crippen LogP contribution in [0.1, 0.15) is 78.1 Å². The van der Waals surface area contributed by atoms with E-state index in [2.05, 4.69) is 26.0 Å². The van der Waals surface area contributed by atoms with Crippen molar-refractivity contribution in [3.8, 4) is 0 Å². The molecule has 1 fully saturated rings. The first-order valence-corrected chi connectivity index (χ1v) is 9.57. The topological polar surface area (TPSA) is 26.3 Å². The fourth-order valence-corrected chi connectivity index (χ4v) is 4.11. The van der Waals surface area contributed by atoms with Crippen molar-refractivity contribution in [1.29, 1.82) is 0 Å². The van der Waals surface area contributed by atoms with E-state index >= 15 is 0 Å². The molecule has 0 amide bonds. The molecule has 0 saturated heterocycles. The summed E-state index contributed by atoms with van der Waals surface area (Å²) in [5.74, 6) is 2.01. The Balaban J connectivity index is 1.48. The molecule has 0 heterocycles. The Morgan fingerprint density at radius 1 is 1.05 bits per heavy atom. The summed E-state index contributed by atoms with van der Waals surface area (Å²) < 4.78 is 5.51. The number of rotatable bonds is 11. The number of ether oxygens (including phenoxy) is 1. The van der Waals surface area contributed by atoms with Crippen molar-refractivity contribution >= 4 is 5.97 Å². The molecule has 1 saturated carbocycles. The highest BCUT2D eigenvalue weighted by atomic mass is 16.5. The smallest absolute Gasteiger partial charge is 0.308 e. The monoisotopic (exact) mass is 306 g/mol. The Labute approximate surface area is 136 Å². The second kappa shape index (κ2) is 9.37. The fraction of sp³-hybridized carbons (Fsp3) is 0.850. The van der Waals surface area contributed by atoms with Crippen LogP contribution in [0.4, 0.5) is 0 Å². The van der Waals surface area contributed by atoms with Crippen LogP contribution in [0.2, 0.25) is 0 Å². The van der Waals surface area contributed by atoms with Gasteiger partial charge in [0.05, 0.1) is 12.5 Å². The molecular formula is C20H34O2. The second-order valence-electron chi connectivity index (χ2n) is 7.38. The van der Waals surface area contributed by atoms with E-state index in [-0.39, 0.29) is 11.9 Å². The van der Waals surface area contributed by atoms with Gasteiger partial charge in [-0.3, -0.25) is 4.79 Å². The Morgan fingerprint density at radius 3 is 2.32 bits per heavy atom. The van der Waals surface area contributed by atoms with Crippen LogP contribution in [0.5, 0.6) is 0 Å². The van der Waals surface area contributed by atoms with Gasteiger partial charge >= 0.3 is 5.97 Å². The summed E-state index contributed by atoms with van der Waals surface area (Å²) in [6, 6.07) is 0. The van der Waals surface area contributed by atoms with E-state index in [1.807, 2.05) is 0 Å². The molecule has 2 bridgehead atoms. The summed E-state index contributed by atoms with van der Waals surface area (Å²) in [7, 11) is 0. The summed E-state index contributed by atoms with van der Waals surface area (Å²) >= 11 is 0. The molecule has 126 valence electrons. The zero-order valence-corrected chi connectivity index (χ0v) is 14.6. The van der Waals surface area contributed by atoms with Gasteiger partial charge in [0.25, 0.3) is 0 Å². The van der Waals surface area contributed by atoms with E-state index in [4.69, 9.17) is 4.74 Å². The summed E-state index contributed by atoms with van der Waals surface area (Å²) in [6.45, 7) is 4.94. The highest BCUT2D eigenvalue weighted by Crippen LogP contribution is 2.46. The van der Waals surface area contributed by atoms with Gasteiger partial charge in [0.15, 0.2) is 0 Å². The lowest BCUT2D eigenvalue weighted by atomic mass is 9.83. The molecule has 0 N–H and O–H groups in total. The Kier molecular flexibility index (Phi) is 7.48. The van der Waals surface area contributed by atoms with Gasteiger partial charge in [-0.2, -0.15) is 0 Å². The predicted molar refractivity (Wildman–Crippen MR) is 91.6 cm³/mol. The van der Waals surface area contributed by atoms with Crippen LogP contribution in [0.3, 0.4) is 0 Å². The fourth-order valence-electron chi connectivity index (χ4n) is 4.11. The van der Waals surface area contributed by atoms with Crippen LogP contribution in [0.15, 0.2) is 12.2 Å². The molecule has 0 radical (unpaired) electrons. The van der Waals surface area contributed by atoms with E-state index in [0.29, 0.717) is 18.4 Å². The van der Waals surface area contributed by atoms with Crippen LogP contribution in [0, 0.1) is 23.7 Å². The van der Waals surface area contributed by atoms with Gasteiger partial charge < -0.3 is 4.74 Å². The number of unbranched alkanes of at least 4 members (excludes halogenated alkanes) is 7. The molecule has 2 aliphatic rings. The van der Waals surface area contributed by atoms with Crippen molar-refractivity contribution in [1.82, 2.24) is 0 Å². The number of carbonyl (C=O) groups excluding carboxylic acids is 1. The molecule has 22 heavy (non-hydrogen) atoms. The molecule has 0 aromatic carbocycles. The largest absolute Gasteiger partial charge is 0.465 e. The van der Waals surface area contributed by atoms with Crippen molar-refractivity contribution in [3.63, 3.8) is 0 Å². The number of hydrogen-bond acceptors (Lipinski definition) is 2. The van der Waals surface area contributed by atoms with Gasteiger partial charge in [0.1, 0.15) is 0 Å².